The van der Waals surface area contributed by atoms with Crippen molar-refractivity contribution >= 4 is 11.7 Å². The van der Waals surface area contributed by atoms with Crippen LogP contribution in [0.4, 0.5) is 5.82 Å². The summed E-state index contributed by atoms with van der Waals surface area (Å²) in [5.41, 5.74) is 0.269. The minimum atomic E-state index is -0.421. The molecule has 0 fully saturated rings. The topological polar surface area (TPSA) is 87.1 Å². The van der Waals surface area contributed by atoms with E-state index in [1.807, 2.05) is 13.8 Å². The second kappa shape index (κ2) is 6.90. The van der Waals surface area contributed by atoms with Crippen molar-refractivity contribution in [3.05, 3.63) is 17.8 Å². The van der Waals surface area contributed by atoms with Crippen LogP contribution in [0.15, 0.2) is 12.1 Å². The average Bonchev–Trinajstić information content (AvgIpc) is 2.43. The van der Waals surface area contributed by atoms with E-state index in [2.05, 4.69) is 20.8 Å². The van der Waals surface area contributed by atoms with Gasteiger partial charge in [0.25, 0.3) is 5.91 Å². The molecule has 0 spiro atoms. The lowest BCUT2D eigenvalue weighted by molar-refractivity contribution is 0.0957. The fraction of sp³-hybridized carbons (Fsp3) is 0.583. The Bertz CT molecular complexity index is 380. The van der Waals surface area contributed by atoms with Gasteiger partial charge in [-0.05, 0) is 18.1 Å². The Morgan fingerprint density at radius 3 is 2.67 bits per heavy atom. The van der Waals surface area contributed by atoms with Gasteiger partial charge in [0, 0.05) is 13.6 Å². The second-order valence-electron chi connectivity index (χ2n) is 4.22. The van der Waals surface area contributed by atoms with Crippen molar-refractivity contribution in [1.82, 2.24) is 15.5 Å². The molecule has 100 valence electrons. The number of carbonyl (C=O) groups is 1. The van der Waals surface area contributed by atoms with Crippen molar-refractivity contribution in [2.45, 2.75) is 26.4 Å². The van der Waals surface area contributed by atoms with Gasteiger partial charge in [0.2, 0.25) is 0 Å². The first kappa shape index (κ1) is 14.4. The molecule has 0 saturated carbocycles. The second-order valence-corrected chi connectivity index (χ2v) is 4.22. The predicted octanol–water partition coefficient (Wildman–Crippen LogP) is 0.655. The number of anilines is 1. The van der Waals surface area contributed by atoms with Crippen LogP contribution in [0.3, 0.4) is 0 Å². The van der Waals surface area contributed by atoms with Crippen LogP contribution in [-0.4, -0.2) is 40.9 Å². The van der Waals surface area contributed by atoms with Crippen LogP contribution in [-0.2, 0) is 0 Å². The highest BCUT2D eigenvalue weighted by Crippen LogP contribution is 2.08. The summed E-state index contributed by atoms with van der Waals surface area (Å²) in [6.07, 6.45) is 0.500. The third-order valence-corrected chi connectivity index (χ3v) is 2.92. The van der Waals surface area contributed by atoms with Crippen LogP contribution >= 0.6 is 0 Å². The number of aromatic nitrogens is 2. The van der Waals surface area contributed by atoms with E-state index in [1.165, 1.54) is 0 Å². The molecule has 1 amide bonds. The van der Waals surface area contributed by atoms with E-state index in [9.17, 15) is 9.90 Å². The van der Waals surface area contributed by atoms with Gasteiger partial charge in [-0.25, -0.2) is 0 Å². The first-order valence-corrected chi connectivity index (χ1v) is 6.06. The van der Waals surface area contributed by atoms with Crippen molar-refractivity contribution < 1.29 is 9.90 Å². The number of nitrogens with one attached hydrogen (secondary N) is 2. The number of aliphatic hydroxyl groups is 1. The normalized spacial score (nSPS) is 13.8. The number of hydrogen-bond acceptors (Lipinski definition) is 5. The van der Waals surface area contributed by atoms with Crippen LogP contribution in [0.5, 0.6) is 0 Å². The van der Waals surface area contributed by atoms with E-state index < -0.39 is 6.10 Å². The average molecular weight is 252 g/mol. The summed E-state index contributed by atoms with van der Waals surface area (Å²) in [6, 6.07) is 3.25. The smallest absolute Gasteiger partial charge is 0.271 e. The maximum absolute atomic E-state index is 11.2. The number of rotatable bonds is 6. The molecule has 0 aliphatic carbocycles. The molecule has 0 saturated heterocycles. The third kappa shape index (κ3) is 3.96. The van der Waals surface area contributed by atoms with Crippen molar-refractivity contribution in [3.63, 3.8) is 0 Å². The highest BCUT2D eigenvalue weighted by molar-refractivity contribution is 5.91. The molecule has 2 atom stereocenters. The molecule has 1 heterocycles. The zero-order valence-corrected chi connectivity index (χ0v) is 11.0. The summed E-state index contributed by atoms with van der Waals surface area (Å²) >= 11 is 0. The molecule has 6 heteroatoms. The van der Waals surface area contributed by atoms with Crippen LogP contribution in [0.1, 0.15) is 30.8 Å². The fourth-order valence-electron chi connectivity index (χ4n) is 1.36. The molecule has 18 heavy (non-hydrogen) atoms. The largest absolute Gasteiger partial charge is 0.391 e. The van der Waals surface area contributed by atoms with Gasteiger partial charge >= 0.3 is 0 Å². The van der Waals surface area contributed by atoms with Gasteiger partial charge < -0.3 is 15.7 Å². The Morgan fingerprint density at radius 2 is 2.17 bits per heavy atom. The number of carbonyl (C=O) groups excluding carboxylic acids is 1. The number of hydrogen-bond donors (Lipinski definition) is 3. The van der Waals surface area contributed by atoms with Gasteiger partial charge in [-0.1, -0.05) is 20.3 Å². The standard InChI is InChI=1S/C12H20N4O2/c1-4-8(2)10(17)7-14-11-6-5-9(15-16-11)12(18)13-3/h5-6,8,10,17H,4,7H2,1-3H3,(H,13,18)(H,14,16). The minimum Gasteiger partial charge on any atom is -0.391 e. The summed E-state index contributed by atoms with van der Waals surface area (Å²) < 4.78 is 0. The van der Waals surface area contributed by atoms with Crippen LogP contribution in [0.2, 0.25) is 0 Å². The van der Waals surface area contributed by atoms with Gasteiger partial charge in [-0.2, -0.15) is 0 Å². The summed E-state index contributed by atoms with van der Waals surface area (Å²) in [4.78, 5) is 11.2. The minimum absolute atomic E-state index is 0.232. The Kier molecular flexibility index (Phi) is 5.51. The molecular formula is C12H20N4O2. The molecule has 0 aliphatic heterocycles. The Hall–Kier alpha value is -1.69. The molecule has 0 aromatic carbocycles. The summed E-state index contributed by atoms with van der Waals surface area (Å²) in [7, 11) is 1.54. The highest BCUT2D eigenvalue weighted by atomic mass is 16.3. The third-order valence-electron chi connectivity index (χ3n) is 2.92. The van der Waals surface area contributed by atoms with Crippen LogP contribution in [0.25, 0.3) is 0 Å². The Labute approximate surface area is 107 Å². The van der Waals surface area contributed by atoms with Gasteiger partial charge in [-0.15, -0.1) is 10.2 Å². The van der Waals surface area contributed by atoms with E-state index in [-0.39, 0.29) is 17.5 Å². The summed E-state index contributed by atoms with van der Waals surface area (Å²) in [5.74, 6) is 0.509. The maximum Gasteiger partial charge on any atom is 0.271 e. The van der Waals surface area contributed by atoms with Crippen molar-refractivity contribution in [3.8, 4) is 0 Å². The van der Waals surface area contributed by atoms with E-state index in [0.717, 1.165) is 6.42 Å². The quantitative estimate of drug-likeness (QED) is 0.692. The SMILES string of the molecule is CCC(C)C(O)CNc1ccc(C(=O)NC)nn1. The Balaban J connectivity index is 2.51. The molecule has 6 nitrogen and oxygen atoms in total. The van der Waals surface area contributed by atoms with Crippen molar-refractivity contribution in [2.24, 2.45) is 5.92 Å². The lowest BCUT2D eigenvalue weighted by atomic mass is 10.0. The highest BCUT2D eigenvalue weighted by Gasteiger charge is 2.12. The fourth-order valence-corrected chi connectivity index (χ4v) is 1.36. The van der Waals surface area contributed by atoms with Crippen molar-refractivity contribution in [1.29, 1.82) is 0 Å². The molecule has 1 aromatic heterocycles. The monoisotopic (exact) mass is 252 g/mol. The molecule has 3 N–H and O–H groups in total. The van der Waals surface area contributed by atoms with E-state index in [0.29, 0.717) is 12.4 Å². The molecule has 0 bridgehead atoms. The van der Waals surface area contributed by atoms with Crippen LogP contribution < -0.4 is 10.6 Å². The lowest BCUT2D eigenvalue weighted by Gasteiger charge is -2.17. The summed E-state index contributed by atoms with van der Waals surface area (Å²) in [5, 5.41) is 22.9. The first-order chi connectivity index (χ1) is 8.58. The van der Waals surface area contributed by atoms with Gasteiger partial charge in [0.1, 0.15) is 5.82 Å². The molecule has 1 rings (SSSR count). The van der Waals surface area contributed by atoms with Crippen molar-refractivity contribution in [2.75, 3.05) is 18.9 Å². The van der Waals surface area contributed by atoms with E-state index >= 15 is 0 Å². The van der Waals surface area contributed by atoms with E-state index in [4.69, 9.17) is 0 Å². The molecular weight excluding hydrogens is 232 g/mol. The lowest BCUT2D eigenvalue weighted by Crippen LogP contribution is -2.26. The summed E-state index contributed by atoms with van der Waals surface area (Å²) in [6.45, 7) is 4.45. The van der Waals surface area contributed by atoms with Gasteiger partial charge in [0.15, 0.2) is 5.69 Å². The number of nitrogens with zero attached hydrogens (tertiary/aromatic N) is 2. The van der Waals surface area contributed by atoms with Gasteiger partial charge in [-0.3, -0.25) is 4.79 Å². The number of aliphatic hydroxyl groups excluding tert-OH is 1. The maximum atomic E-state index is 11.2. The van der Waals surface area contributed by atoms with Crippen LogP contribution in [0, 0.1) is 5.92 Å². The molecule has 0 radical (unpaired) electrons. The Morgan fingerprint density at radius 1 is 1.44 bits per heavy atom. The van der Waals surface area contributed by atoms with E-state index in [1.54, 1.807) is 19.2 Å². The predicted molar refractivity (Wildman–Crippen MR) is 69.4 cm³/mol. The zero-order valence-electron chi connectivity index (χ0n) is 11.0. The van der Waals surface area contributed by atoms with Gasteiger partial charge in [0.05, 0.1) is 6.10 Å². The molecule has 1 aromatic rings. The number of amides is 1. The molecule has 2 unspecified atom stereocenters. The zero-order chi connectivity index (χ0) is 13.5. The molecule has 0 aliphatic rings. The first-order valence-electron chi connectivity index (χ1n) is 6.06.